The van der Waals surface area contributed by atoms with E-state index in [0.29, 0.717) is 5.82 Å². The number of rotatable bonds is 2. The van der Waals surface area contributed by atoms with Crippen LogP contribution in [0.25, 0.3) is 21.9 Å². The number of nitrogens with two attached hydrogens (primary N) is 1. The lowest BCUT2D eigenvalue weighted by molar-refractivity contribution is 0.150. The molecule has 2 aliphatic rings. The molecule has 2 aliphatic heterocycles. The topological polar surface area (TPSA) is 89.1 Å². The van der Waals surface area contributed by atoms with Gasteiger partial charge in [-0.2, -0.15) is 5.10 Å². The third-order valence-corrected chi connectivity index (χ3v) is 6.00. The smallest absolute Gasteiger partial charge is 0.323 e. The maximum absolute atomic E-state index is 12.9. The van der Waals surface area contributed by atoms with E-state index < -0.39 is 0 Å². The summed E-state index contributed by atoms with van der Waals surface area (Å²) in [5.74, 6) is 0.579. The summed E-state index contributed by atoms with van der Waals surface area (Å²) in [5.41, 5.74) is 8.27. The number of anilines is 1. The summed E-state index contributed by atoms with van der Waals surface area (Å²) in [4.78, 5) is 19.3. The first-order valence-corrected chi connectivity index (χ1v) is 9.80. The van der Waals surface area contributed by atoms with Crippen LogP contribution in [0.2, 0.25) is 0 Å². The Bertz CT molecular complexity index is 1030. The van der Waals surface area contributed by atoms with Crippen molar-refractivity contribution in [2.24, 2.45) is 12.8 Å². The fourth-order valence-corrected chi connectivity index (χ4v) is 4.68. The van der Waals surface area contributed by atoms with Crippen LogP contribution in [-0.2, 0) is 7.05 Å². The van der Waals surface area contributed by atoms with Gasteiger partial charge in [0.25, 0.3) is 0 Å². The van der Waals surface area contributed by atoms with Gasteiger partial charge in [-0.15, -0.1) is 0 Å². The van der Waals surface area contributed by atoms with Crippen molar-refractivity contribution in [2.45, 2.75) is 43.8 Å². The van der Waals surface area contributed by atoms with Crippen LogP contribution in [0, 0.1) is 0 Å². The zero-order chi connectivity index (χ0) is 19.3. The van der Waals surface area contributed by atoms with Gasteiger partial charge in [0.1, 0.15) is 5.82 Å². The number of amides is 2. The molecule has 144 valence electrons. The minimum absolute atomic E-state index is 0.0605. The number of aromatic nitrogens is 3. The SMILES string of the molecule is Cn1cc(-c2ccc3cnc(NC(=O)N4[C@@H]5CC[C@H]4CC(N)C5)cc3c2)cn1. The normalized spacial score (nSPS) is 23.9. The third kappa shape index (κ3) is 3.01. The molecule has 0 aliphatic carbocycles. The van der Waals surface area contributed by atoms with Crippen molar-refractivity contribution in [3.8, 4) is 11.1 Å². The quantitative estimate of drug-likeness (QED) is 0.719. The minimum Gasteiger partial charge on any atom is -0.328 e. The molecule has 5 rings (SSSR count). The standard InChI is InChI=1S/C21H24N6O/c1-26-12-16(11-24-26)13-2-3-14-10-23-20(7-15(14)6-13)25-21(28)27-18-4-5-19(27)9-17(22)8-18/h2-3,6-7,10-12,17-19H,4-5,8-9,22H2,1H3,(H,23,25,28)/t17?,18-,19+. The van der Waals surface area contributed by atoms with Crippen molar-refractivity contribution in [3.63, 3.8) is 0 Å². The maximum Gasteiger partial charge on any atom is 0.323 e. The molecular weight excluding hydrogens is 352 g/mol. The van der Waals surface area contributed by atoms with Crippen LogP contribution in [0.1, 0.15) is 25.7 Å². The molecule has 4 heterocycles. The predicted octanol–water partition coefficient (Wildman–Crippen LogP) is 3.12. The summed E-state index contributed by atoms with van der Waals surface area (Å²) >= 11 is 0. The molecule has 1 aromatic carbocycles. The molecule has 2 aromatic heterocycles. The molecule has 28 heavy (non-hydrogen) atoms. The Morgan fingerprint density at radius 2 is 1.89 bits per heavy atom. The van der Waals surface area contributed by atoms with Gasteiger partial charge in [0.2, 0.25) is 0 Å². The molecule has 3 atom stereocenters. The molecule has 7 heteroatoms. The van der Waals surface area contributed by atoms with Crippen molar-refractivity contribution < 1.29 is 4.79 Å². The van der Waals surface area contributed by atoms with Crippen LogP contribution in [-0.4, -0.2) is 43.8 Å². The Labute approximate surface area is 163 Å². The maximum atomic E-state index is 12.9. The summed E-state index contributed by atoms with van der Waals surface area (Å²) in [7, 11) is 1.91. The number of carbonyl (C=O) groups is 1. The summed E-state index contributed by atoms with van der Waals surface area (Å²) in [6, 6.07) is 8.81. The summed E-state index contributed by atoms with van der Waals surface area (Å²) in [6.45, 7) is 0. The van der Waals surface area contributed by atoms with Crippen molar-refractivity contribution in [3.05, 3.63) is 42.9 Å². The van der Waals surface area contributed by atoms with Crippen molar-refractivity contribution in [2.75, 3.05) is 5.32 Å². The fourth-order valence-electron chi connectivity index (χ4n) is 4.68. The summed E-state index contributed by atoms with van der Waals surface area (Å²) in [5, 5.41) is 9.32. The zero-order valence-electron chi connectivity index (χ0n) is 15.9. The highest BCUT2D eigenvalue weighted by molar-refractivity contribution is 5.93. The highest BCUT2D eigenvalue weighted by Crippen LogP contribution is 2.35. The minimum atomic E-state index is -0.0605. The number of urea groups is 1. The zero-order valence-corrected chi connectivity index (χ0v) is 15.9. The molecule has 0 radical (unpaired) electrons. The number of benzene rings is 1. The highest BCUT2D eigenvalue weighted by Gasteiger charge is 2.42. The first-order chi connectivity index (χ1) is 13.6. The number of pyridine rings is 1. The van der Waals surface area contributed by atoms with Crippen molar-refractivity contribution >= 4 is 22.6 Å². The van der Waals surface area contributed by atoms with Crippen LogP contribution < -0.4 is 11.1 Å². The Morgan fingerprint density at radius 1 is 1.11 bits per heavy atom. The van der Waals surface area contributed by atoms with Crippen LogP contribution >= 0.6 is 0 Å². The average molecular weight is 376 g/mol. The molecule has 0 saturated carbocycles. The van der Waals surface area contributed by atoms with E-state index in [0.717, 1.165) is 47.6 Å². The second kappa shape index (κ2) is 6.60. The second-order valence-corrected chi connectivity index (χ2v) is 7.99. The van der Waals surface area contributed by atoms with E-state index in [-0.39, 0.29) is 24.2 Å². The van der Waals surface area contributed by atoms with Gasteiger partial charge in [-0.25, -0.2) is 9.78 Å². The third-order valence-electron chi connectivity index (χ3n) is 6.00. The van der Waals surface area contributed by atoms with Crippen LogP contribution in [0.4, 0.5) is 10.6 Å². The van der Waals surface area contributed by atoms with Crippen molar-refractivity contribution in [1.29, 1.82) is 0 Å². The monoisotopic (exact) mass is 376 g/mol. The number of aryl methyl sites for hydroxylation is 1. The Kier molecular flexibility index (Phi) is 4.05. The predicted molar refractivity (Wildman–Crippen MR) is 109 cm³/mol. The molecule has 0 spiro atoms. The molecule has 2 bridgehead atoms. The van der Waals surface area contributed by atoms with Gasteiger partial charge in [0, 0.05) is 48.5 Å². The lowest BCUT2D eigenvalue weighted by Gasteiger charge is -2.37. The van der Waals surface area contributed by atoms with Crippen LogP contribution in [0.5, 0.6) is 0 Å². The summed E-state index contributed by atoms with van der Waals surface area (Å²) in [6.07, 6.45) is 9.52. The van der Waals surface area contributed by atoms with Gasteiger partial charge in [-0.3, -0.25) is 10.00 Å². The van der Waals surface area contributed by atoms with E-state index in [1.54, 1.807) is 10.9 Å². The molecule has 2 saturated heterocycles. The molecule has 3 aromatic rings. The molecule has 1 unspecified atom stereocenters. The summed E-state index contributed by atoms with van der Waals surface area (Å²) < 4.78 is 1.79. The van der Waals surface area contributed by atoms with Gasteiger partial charge < -0.3 is 10.6 Å². The van der Waals surface area contributed by atoms with E-state index in [2.05, 4.69) is 27.5 Å². The molecule has 7 nitrogen and oxygen atoms in total. The number of piperidine rings is 1. The second-order valence-electron chi connectivity index (χ2n) is 7.99. The Balaban J connectivity index is 1.39. The van der Waals surface area contributed by atoms with E-state index in [4.69, 9.17) is 5.73 Å². The number of nitrogens with zero attached hydrogens (tertiary/aromatic N) is 4. The number of hydrogen-bond donors (Lipinski definition) is 2. The van der Waals surface area contributed by atoms with Gasteiger partial charge >= 0.3 is 6.03 Å². The van der Waals surface area contributed by atoms with Gasteiger partial charge in [-0.05, 0) is 48.8 Å². The Hall–Kier alpha value is -2.93. The van der Waals surface area contributed by atoms with E-state index in [9.17, 15) is 4.79 Å². The van der Waals surface area contributed by atoms with E-state index >= 15 is 0 Å². The molecule has 2 amide bonds. The average Bonchev–Trinajstić information content (AvgIpc) is 3.22. The number of hydrogen-bond acceptors (Lipinski definition) is 4. The molecular formula is C21H24N6O. The van der Waals surface area contributed by atoms with Crippen LogP contribution in [0.3, 0.4) is 0 Å². The Morgan fingerprint density at radius 3 is 2.61 bits per heavy atom. The van der Waals surface area contributed by atoms with Gasteiger partial charge in [0.05, 0.1) is 6.20 Å². The molecule has 2 fully saturated rings. The molecule has 3 N–H and O–H groups in total. The van der Waals surface area contributed by atoms with Gasteiger partial charge in [-0.1, -0.05) is 12.1 Å². The lowest BCUT2D eigenvalue weighted by atomic mass is 9.99. The van der Waals surface area contributed by atoms with Crippen LogP contribution in [0.15, 0.2) is 42.9 Å². The number of fused-ring (bicyclic) bond motifs is 3. The number of nitrogens with one attached hydrogen (secondary N) is 1. The van der Waals surface area contributed by atoms with E-state index in [1.807, 2.05) is 36.5 Å². The van der Waals surface area contributed by atoms with E-state index in [1.165, 1.54) is 0 Å². The first-order valence-electron chi connectivity index (χ1n) is 9.80. The fraction of sp³-hybridized carbons (Fsp3) is 0.381. The highest BCUT2D eigenvalue weighted by atomic mass is 16.2. The number of carbonyl (C=O) groups excluding carboxylic acids is 1. The first kappa shape index (κ1) is 17.2. The van der Waals surface area contributed by atoms with Gasteiger partial charge in [0.15, 0.2) is 0 Å². The van der Waals surface area contributed by atoms with Crippen molar-refractivity contribution in [1.82, 2.24) is 19.7 Å². The largest absolute Gasteiger partial charge is 0.328 e. The lowest BCUT2D eigenvalue weighted by Crippen LogP contribution is -2.51.